The van der Waals surface area contributed by atoms with Gasteiger partial charge in [-0.05, 0) is 48.6 Å². The number of hydrogen-bond acceptors (Lipinski definition) is 4. The molecule has 0 amide bonds. The summed E-state index contributed by atoms with van der Waals surface area (Å²) in [6.07, 6.45) is 6.29. The maximum atomic E-state index is 5.33. The number of fused-ring (bicyclic) bond motifs is 1. The van der Waals surface area contributed by atoms with Crippen molar-refractivity contribution in [1.82, 2.24) is 14.5 Å². The van der Waals surface area contributed by atoms with Crippen molar-refractivity contribution >= 4 is 16.9 Å². The molecule has 0 saturated carbocycles. The van der Waals surface area contributed by atoms with Crippen LogP contribution >= 0.6 is 0 Å². The first-order valence-electron chi connectivity index (χ1n) is 10.6. The van der Waals surface area contributed by atoms with Gasteiger partial charge in [-0.1, -0.05) is 37.3 Å². The first-order valence-corrected chi connectivity index (χ1v) is 10.6. The lowest BCUT2D eigenvalue weighted by Crippen LogP contribution is -2.33. The summed E-state index contributed by atoms with van der Waals surface area (Å²) < 4.78 is 7.49. The molecule has 2 aromatic heterocycles. The Labute approximate surface area is 177 Å². The average Bonchev–Trinajstić information content (AvgIpc) is 3.20. The summed E-state index contributed by atoms with van der Waals surface area (Å²) in [5, 5.41) is 1.12. The van der Waals surface area contributed by atoms with Crippen LogP contribution in [0, 0.1) is 5.92 Å². The monoisotopic (exact) mass is 398 g/mol. The van der Waals surface area contributed by atoms with E-state index in [9.17, 15) is 0 Å². The highest BCUT2D eigenvalue weighted by molar-refractivity contribution is 6.02. The van der Waals surface area contributed by atoms with E-state index in [4.69, 9.17) is 14.7 Å². The number of methoxy groups -OCH3 is 1. The number of nitrogens with zero attached hydrogens (tertiary/aromatic N) is 4. The number of hydrogen-bond donors (Lipinski definition) is 0. The normalized spacial score (nSPS) is 14.9. The minimum Gasteiger partial charge on any atom is -0.497 e. The van der Waals surface area contributed by atoms with Gasteiger partial charge in [0.05, 0.1) is 12.5 Å². The summed E-state index contributed by atoms with van der Waals surface area (Å²) in [5.74, 6) is 2.66. The van der Waals surface area contributed by atoms with Gasteiger partial charge < -0.3 is 14.2 Å². The van der Waals surface area contributed by atoms with Gasteiger partial charge in [0.2, 0.25) is 0 Å². The molecule has 4 aromatic rings. The molecule has 30 heavy (non-hydrogen) atoms. The summed E-state index contributed by atoms with van der Waals surface area (Å²) in [7, 11) is 1.69. The zero-order valence-electron chi connectivity index (χ0n) is 17.5. The second kappa shape index (κ2) is 7.82. The second-order valence-electron chi connectivity index (χ2n) is 8.04. The zero-order chi connectivity index (χ0) is 20.5. The van der Waals surface area contributed by atoms with Gasteiger partial charge in [0, 0.05) is 30.5 Å². The molecule has 1 fully saturated rings. The minimum atomic E-state index is 0.774. The standard InChI is InChI=1S/C25H26N4O/c1-18-12-14-28(15-13-18)24-23-22(19-6-4-3-5-7-19)16-29(25(23)27-17-26-24)20-8-10-21(30-2)11-9-20/h3-11,16-18H,12-15H2,1-2H3. The SMILES string of the molecule is COc1ccc(-n2cc(-c3ccccc3)c3c(N4CCC(C)CC4)ncnc32)cc1. The molecule has 1 aliphatic rings. The molecule has 0 bridgehead atoms. The molecule has 2 aromatic carbocycles. The molecule has 5 heteroatoms. The highest BCUT2D eigenvalue weighted by Crippen LogP contribution is 2.37. The number of benzene rings is 2. The highest BCUT2D eigenvalue weighted by Gasteiger charge is 2.23. The van der Waals surface area contributed by atoms with Gasteiger partial charge in [0.25, 0.3) is 0 Å². The van der Waals surface area contributed by atoms with Gasteiger partial charge in [0.1, 0.15) is 17.9 Å². The van der Waals surface area contributed by atoms with E-state index in [1.807, 2.05) is 12.1 Å². The Morgan fingerprint density at radius 3 is 2.37 bits per heavy atom. The fourth-order valence-electron chi connectivity index (χ4n) is 4.28. The number of anilines is 1. The van der Waals surface area contributed by atoms with E-state index in [1.54, 1.807) is 13.4 Å². The lowest BCUT2D eigenvalue weighted by Gasteiger charge is -2.31. The van der Waals surface area contributed by atoms with Crippen LogP contribution in [0.2, 0.25) is 0 Å². The quantitative estimate of drug-likeness (QED) is 0.466. The van der Waals surface area contributed by atoms with Crippen LogP contribution < -0.4 is 9.64 Å². The van der Waals surface area contributed by atoms with Crippen molar-refractivity contribution in [3.05, 3.63) is 67.1 Å². The van der Waals surface area contributed by atoms with Crippen molar-refractivity contribution in [3.8, 4) is 22.6 Å². The Bertz CT molecular complexity index is 1140. The molecule has 0 aliphatic carbocycles. The van der Waals surface area contributed by atoms with Gasteiger partial charge in [-0.25, -0.2) is 9.97 Å². The van der Waals surface area contributed by atoms with E-state index in [0.717, 1.165) is 52.9 Å². The molecule has 5 rings (SSSR count). The summed E-state index contributed by atoms with van der Waals surface area (Å²) in [6.45, 7) is 4.41. The van der Waals surface area contributed by atoms with Crippen molar-refractivity contribution in [3.63, 3.8) is 0 Å². The van der Waals surface area contributed by atoms with Crippen LogP contribution in [0.1, 0.15) is 19.8 Å². The van der Waals surface area contributed by atoms with E-state index in [2.05, 4.69) is 65.1 Å². The van der Waals surface area contributed by atoms with Crippen molar-refractivity contribution in [2.24, 2.45) is 5.92 Å². The van der Waals surface area contributed by atoms with E-state index >= 15 is 0 Å². The molecule has 0 radical (unpaired) electrons. The number of piperidine rings is 1. The number of ether oxygens (including phenoxy) is 1. The third-order valence-corrected chi connectivity index (χ3v) is 6.08. The summed E-state index contributed by atoms with van der Waals surface area (Å²) in [4.78, 5) is 11.9. The van der Waals surface area contributed by atoms with Crippen molar-refractivity contribution in [1.29, 1.82) is 0 Å². The molecule has 0 spiro atoms. The van der Waals surface area contributed by atoms with Crippen LogP contribution in [0.15, 0.2) is 67.1 Å². The van der Waals surface area contributed by atoms with Crippen LogP contribution in [-0.2, 0) is 0 Å². The molecular formula is C25H26N4O. The second-order valence-corrected chi connectivity index (χ2v) is 8.04. The maximum Gasteiger partial charge on any atom is 0.150 e. The average molecular weight is 399 g/mol. The molecule has 0 atom stereocenters. The molecular weight excluding hydrogens is 372 g/mol. The Hall–Kier alpha value is -3.34. The predicted octanol–water partition coefficient (Wildman–Crippen LogP) is 5.33. The summed E-state index contributed by atoms with van der Waals surface area (Å²) >= 11 is 0. The first-order chi connectivity index (χ1) is 14.7. The Kier molecular flexibility index (Phi) is 4.87. The van der Waals surface area contributed by atoms with Gasteiger partial charge >= 0.3 is 0 Å². The minimum absolute atomic E-state index is 0.774. The van der Waals surface area contributed by atoms with Crippen LogP contribution in [0.5, 0.6) is 5.75 Å². The van der Waals surface area contributed by atoms with E-state index in [0.29, 0.717) is 0 Å². The highest BCUT2D eigenvalue weighted by atomic mass is 16.5. The van der Waals surface area contributed by atoms with Crippen LogP contribution in [0.4, 0.5) is 5.82 Å². The van der Waals surface area contributed by atoms with E-state index < -0.39 is 0 Å². The molecule has 3 heterocycles. The molecule has 5 nitrogen and oxygen atoms in total. The van der Waals surface area contributed by atoms with Crippen molar-refractivity contribution in [2.45, 2.75) is 19.8 Å². The molecule has 0 unspecified atom stereocenters. The molecule has 152 valence electrons. The topological polar surface area (TPSA) is 43.2 Å². The van der Waals surface area contributed by atoms with E-state index in [1.165, 1.54) is 18.4 Å². The fourth-order valence-corrected chi connectivity index (χ4v) is 4.28. The lowest BCUT2D eigenvalue weighted by molar-refractivity contribution is 0.415. The van der Waals surface area contributed by atoms with Gasteiger partial charge in [-0.2, -0.15) is 0 Å². The maximum absolute atomic E-state index is 5.33. The largest absolute Gasteiger partial charge is 0.497 e. The predicted molar refractivity (Wildman–Crippen MR) is 121 cm³/mol. The van der Waals surface area contributed by atoms with Crippen molar-refractivity contribution in [2.75, 3.05) is 25.1 Å². The Morgan fingerprint density at radius 1 is 0.933 bits per heavy atom. The van der Waals surface area contributed by atoms with E-state index in [-0.39, 0.29) is 0 Å². The smallest absolute Gasteiger partial charge is 0.150 e. The number of rotatable bonds is 4. The molecule has 0 N–H and O–H groups in total. The third-order valence-electron chi connectivity index (χ3n) is 6.08. The fraction of sp³-hybridized carbons (Fsp3) is 0.280. The molecule has 1 saturated heterocycles. The summed E-state index contributed by atoms with van der Waals surface area (Å²) in [5.41, 5.74) is 4.33. The third kappa shape index (κ3) is 3.30. The zero-order valence-corrected chi connectivity index (χ0v) is 17.5. The molecule has 1 aliphatic heterocycles. The van der Waals surface area contributed by atoms with Crippen LogP contribution in [0.3, 0.4) is 0 Å². The van der Waals surface area contributed by atoms with Gasteiger partial charge in [-0.15, -0.1) is 0 Å². The number of aromatic nitrogens is 3. The van der Waals surface area contributed by atoms with Crippen molar-refractivity contribution < 1.29 is 4.74 Å². The lowest BCUT2D eigenvalue weighted by atomic mass is 9.98. The first kappa shape index (κ1) is 18.7. The van der Waals surface area contributed by atoms with Gasteiger partial charge in [0.15, 0.2) is 5.65 Å². The Morgan fingerprint density at radius 2 is 1.67 bits per heavy atom. The Balaban J connectivity index is 1.71. The van der Waals surface area contributed by atoms with Gasteiger partial charge in [-0.3, -0.25) is 0 Å². The summed E-state index contributed by atoms with van der Waals surface area (Å²) in [6, 6.07) is 18.6. The van der Waals surface area contributed by atoms with Crippen LogP contribution in [-0.4, -0.2) is 34.7 Å². The van der Waals surface area contributed by atoms with Crippen LogP contribution in [0.25, 0.3) is 27.8 Å².